The molecule has 2 atom stereocenters. The van der Waals surface area contributed by atoms with Crippen molar-refractivity contribution < 1.29 is 4.79 Å². The highest BCUT2D eigenvalue weighted by Crippen LogP contribution is 2.21. The number of H-pyrrole nitrogens is 1. The number of hydrogen-bond acceptors (Lipinski definition) is 5. The summed E-state index contributed by atoms with van der Waals surface area (Å²) in [5.74, 6) is 0.972. The van der Waals surface area contributed by atoms with Crippen LogP contribution in [0.3, 0.4) is 0 Å². The Balaban J connectivity index is 1.60. The minimum absolute atomic E-state index is 0.0454. The van der Waals surface area contributed by atoms with E-state index in [-0.39, 0.29) is 23.6 Å². The van der Waals surface area contributed by atoms with Gasteiger partial charge in [0.05, 0.1) is 12.1 Å². The number of amides is 1. The van der Waals surface area contributed by atoms with Gasteiger partial charge in [-0.1, -0.05) is 0 Å². The zero-order chi connectivity index (χ0) is 17.3. The van der Waals surface area contributed by atoms with Crippen molar-refractivity contribution in [2.24, 2.45) is 0 Å². The normalized spacial score (nSPS) is 24.3. The smallest absolute Gasteiger partial charge is 0.251 e. The van der Waals surface area contributed by atoms with Gasteiger partial charge in [-0.3, -0.25) is 19.4 Å². The summed E-state index contributed by atoms with van der Waals surface area (Å²) < 4.78 is 0. The number of likely N-dealkylation sites (N-methyl/N-ethyl adjacent to an activating group) is 1. The van der Waals surface area contributed by atoms with Gasteiger partial charge in [0.25, 0.3) is 5.56 Å². The molecule has 7 nitrogen and oxygen atoms in total. The van der Waals surface area contributed by atoms with Crippen molar-refractivity contribution >= 4 is 5.91 Å². The van der Waals surface area contributed by atoms with Crippen LogP contribution in [0.4, 0.5) is 0 Å². The molecular formula is C17H27N5O2. The lowest BCUT2D eigenvalue weighted by atomic mass is 10.1. The highest BCUT2D eigenvalue weighted by molar-refractivity contribution is 5.82. The first-order valence-corrected chi connectivity index (χ1v) is 8.76. The molecule has 0 aliphatic carbocycles. The lowest BCUT2D eigenvalue weighted by Gasteiger charge is -2.39. The lowest BCUT2D eigenvalue weighted by molar-refractivity contribution is -0.137. The first kappa shape index (κ1) is 17.1. The van der Waals surface area contributed by atoms with Crippen molar-refractivity contribution in [3.05, 3.63) is 27.9 Å². The van der Waals surface area contributed by atoms with E-state index < -0.39 is 0 Å². The maximum atomic E-state index is 12.7. The number of nitrogens with zero attached hydrogens (tertiary/aromatic N) is 4. The molecule has 1 aromatic rings. The molecule has 0 radical (unpaired) electrons. The second-order valence-corrected chi connectivity index (χ2v) is 6.95. The van der Waals surface area contributed by atoms with E-state index in [1.54, 1.807) is 0 Å². The second kappa shape index (κ2) is 7.03. The summed E-state index contributed by atoms with van der Waals surface area (Å²) in [6.07, 6.45) is 2.08. The van der Waals surface area contributed by atoms with Crippen LogP contribution in [0.1, 0.15) is 37.3 Å². The van der Waals surface area contributed by atoms with E-state index in [9.17, 15) is 9.59 Å². The Labute approximate surface area is 142 Å². The summed E-state index contributed by atoms with van der Waals surface area (Å²) in [7, 11) is 2.04. The highest BCUT2D eigenvalue weighted by atomic mass is 16.2. The van der Waals surface area contributed by atoms with E-state index in [4.69, 9.17) is 0 Å². The Morgan fingerprint density at radius 1 is 1.29 bits per heavy atom. The maximum Gasteiger partial charge on any atom is 0.251 e. The minimum atomic E-state index is -0.109. The number of piperazine rings is 1. The number of rotatable bonds is 3. The average molecular weight is 333 g/mol. The molecule has 132 valence electrons. The topological polar surface area (TPSA) is 72.5 Å². The molecule has 0 spiro atoms. The van der Waals surface area contributed by atoms with Crippen molar-refractivity contribution in [1.82, 2.24) is 24.7 Å². The van der Waals surface area contributed by atoms with Crippen molar-refractivity contribution in [1.29, 1.82) is 0 Å². The Morgan fingerprint density at radius 3 is 2.58 bits per heavy atom. The van der Waals surface area contributed by atoms with Crippen molar-refractivity contribution in [2.75, 3.05) is 39.8 Å². The summed E-state index contributed by atoms with van der Waals surface area (Å²) in [4.78, 5) is 38.0. The molecule has 3 rings (SSSR count). The molecule has 2 fully saturated rings. The lowest BCUT2D eigenvalue weighted by Crippen LogP contribution is -2.53. The third kappa shape index (κ3) is 3.52. The van der Waals surface area contributed by atoms with E-state index in [1.165, 1.54) is 6.07 Å². The Kier molecular flexibility index (Phi) is 5.01. The van der Waals surface area contributed by atoms with Crippen LogP contribution < -0.4 is 5.56 Å². The number of nitrogens with one attached hydrogen (secondary N) is 1. The number of aromatic amines is 1. The second-order valence-electron chi connectivity index (χ2n) is 6.95. The van der Waals surface area contributed by atoms with Gasteiger partial charge in [-0.15, -0.1) is 0 Å². The first-order chi connectivity index (χ1) is 11.5. The van der Waals surface area contributed by atoms with E-state index in [1.807, 2.05) is 18.9 Å². The molecule has 2 aliphatic heterocycles. The van der Waals surface area contributed by atoms with E-state index >= 15 is 0 Å². The van der Waals surface area contributed by atoms with E-state index in [0.717, 1.165) is 51.3 Å². The zero-order valence-corrected chi connectivity index (χ0v) is 14.8. The van der Waals surface area contributed by atoms with E-state index in [0.29, 0.717) is 5.82 Å². The quantitative estimate of drug-likeness (QED) is 0.866. The largest absolute Gasteiger partial charge is 0.339 e. The Bertz CT molecular complexity index is 651. The molecular weight excluding hydrogens is 306 g/mol. The number of likely N-dealkylation sites (tertiary alicyclic amines) is 1. The standard InChI is InChI=1S/C17H27N5O2/c1-12-11-15(23)19-16(18-12)13(2)21-7-9-22(10-8-21)17(24)14-5-4-6-20(14)3/h11,13-14H,4-10H2,1-3H3,(H,18,19,23)/t13-,14+/m0/s1. The number of carbonyl (C=O) groups excluding carboxylic acids is 1. The van der Waals surface area contributed by atoms with Crippen LogP contribution >= 0.6 is 0 Å². The van der Waals surface area contributed by atoms with Crippen LogP contribution in [0, 0.1) is 6.92 Å². The van der Waals surface area contributed by atoms with Gasteiger partial charge < -0.3 is 9.88 Å². The van der Waals surface area contributed by atoms with Gasteiger partial charge in [-0.2, -0.15) is 0 Å². The third-order valence-corrected chi connectivity index (χ3v) is 5.26. The van der Waals surface area contributed by atoms with Gasteiger partial charge in [0.15, 0.2) is 0 Å². The van der Waals surface area contributed by atoms with Crippen LogP contribution in [-0.4, -0.2) is 76.4 Å². The fourth-order valence-electron chi connectivity index (χ4n) is 3.74. The van der Waals surface area contributed by atoms with E-state index in [2.05, 4.69) is 26.7 Å². The fourth-order valence-corrected chi connectivity index (χ4v) is 3.74. The summed E-state index contributed by atoms with van der Waals surface area (Å²) >= 11 is 0. The number of aromatic nitrogens is 2. The molecule has 0 aromatic carbocycles. The molecule has 0 saturated carbocycles. The molecule has 7 heteroatoms. The fraction of sp³-hybridized carbons (Fsp3) is 0.706. The van der Waals surface area contributed by atoms with Gasteiger partial charge in [0, 0.05) is 37.9 Å². The highest BCUT2D eigenvalue weighted by Gasteiger charge is 2.33. The number of aryl methyl sites for hydroxylation is 1. The van der Waals surface area contributed by atoms with Gasteiger partial charge in [0.2, 0.25) is 5.91 Å². The van der Waals surface area contributed by atoms with Gasteiger partial charge in [0.1, 0.15) is 5.82 Å². The zero-order valence-electron chi connectivity index (χ0n) is 14.8. The molecule has 2 saturated heterocycles. The van der Waals surface area contributed by atoms with Gasteiger partial charge in [-0.25, -0.2) is 4.98 Å². The molecule has 1 amide bonds. The van der Waals surface area contributed by atoms with Crippen LogP contribution in [0.25, 0.3) is 0 Å². The monoisotopic (exact) mass is 333 g/mol. The van der Waals surface area contributed by atoms with Crippen molar-refractivity contribution in [3.63, 3.8) is 0 Å². The molecule has 0 bridgehead atoms. The SMILES string of the molecule is Cc1cc(=O)[nH]c([C@H](C)N2CCN(C(=O)[C@H]3CCCN3C)CC2)n1. The molecule has 1 N–H and O–H groups in total. The summed E-state index contributed by atoms with van der Waals surface area (Å²) in [6.45, 7) is 8.00. The predicted octanol–water partition coefficient (Wildman–Crippen LogP) is 0.378. The molecule has 3 heterocycles. The Morgan fingerprint density at radius 2 is 2.00 bits per heavy atom. The molecule has 2 aliphatic rings. The summed E-state index contributed by atoms with van der Waals surface area (Å²) in [6, 6.07) is 1.61. The van der Waals surface area contributed by atoms with Crippen molar-refractivity contribution in [3.8, 4) is 0 Å². The minimum Gasteiger partial charge on any atom is -0.339 e. The van der Waals surface area contributed by atoms with Crippen LogP contribution in [0.15, 0.2) is 10.9 Å². The molecule has 24 heavy (non-hydrogen) atoms. The Hall–Kier alpha value is -1.73. The first-order valence-electron chi connectivity index (χ1n) is 8.76. The number of hydrogen-bond donors (Lipinski definition) is 1. The van der Waals surface area contributed by atoms with Crippen LogP contribution in [-0.2, 0) is 4.79 Å². The summed E-state index contributed by atoms with van der Waals surface area (Å²) in [5, 5.41) is 0. The average Bonchev–Trinajstić information content (AvgIpc) is 2.99. The van der Waals surface area contributed by atoms with Crippen LogP contribution in [0.2, 0.25) is 0 Å². The predicted molar refractivity (Wildman–Crippen MR) is 91.8 cm³/mol. The molecule has 0 unspecified atom stereocenters. The van der Waals surface area contributed by atoms with Gasteiger partial charge >= 0.3 is 0 Å². The van der Waals surface area contributed by atoms with Gasteiger partial charge in [-0.05, 0) is 40.3 Å². The summed E-state index contributed by atoms with van der Waals surface area (Å²) in [5.41, 5.74) is 0.626. The molecule has 1 aromatic heterocycles. The third-order valence-electron chi connectivity index (χ3n) is 5.26. The van der Waals surface area contributed by atoms with Crippen LogP contribution in [0.5, 0.6) is 0 Å². The van der Waals surface area contributed by atoms with Crippen molar-refractivity contribution in [2.45, 2.75) is 38.8 Å². The number of carbonyl (C=O) groups is 1. The maximum absolute atomic E-state index is 12.7.